The third kappa shape index (κ3) is 1.72. The Morgan fingerprint density at radius 2 is 1.79 bits per heavy atom. The molecular weight excluding hydrogens is 172 g/mol. The molecule has 1 nitrogen and oxygen atoms in total. The highest BCUT2D eigenvalue weighted by atomic mass is 16.3. The second-order valence-corrected chi connectivity index (χ2v) is 3.62. The smallest absolute Gasteiger partial charge is 0.104 e. The number of aryl methyl sites for hydroxylation is 2. The lowest BCUT2D eigenvalue weighted by Gasteiger charge is -2.00. The molecule has 0 radical (unpaired) electrons. The second kappa shape index (κ2) is 3.70. The molecule has 0 amide bonds. The van der Waals surface area contributed by atoms with Crippen LogP contribution < -0.4 is 0 Å². The summed E-state index contributed by atoms with van der Waals surface area (Å²) in [4.78, 5) is 0. The monoisotopic (exact) mass is 186 g/mol. The van der Waals surface area contributed by atoms with Crippen LogP contribution in [0.2, 0.25) is 0 Å². The van der Waals surface area contributed by atoms with Crippen LogP contribution in [0.4, 0.5) is 0 Å². The van der Waals surface area contributed by atoms with E-state index in [4.69, 9.17) is 4.42 Å². The fraction of sp³-hybridized carbons (Fsp3) is 0.231. The van der Waals surface area contributed by atoms with E-state index in [1.54, 1.807) is 0 Å². The first-order valence-electron chi connectivity index (χ1n) is 4.85. The minimum absolute atomic E-state index is 0.967. The average molecular weight is 186 g/mol. The van der Waals surface area contributed by atoms with Crippen LogP contribution in [0.3, 0.4) is 0 Å². The Balaban J connectivity index is 2.27. The van der Waals surface area contributed by atoms with Crippen LogP contribution in [0.1, 0.15) is 22.5 Å². The van der Waals surface area contributed by atoms with Crippen LogP contribution in [-0.2, 0) is 6.42 Å². The van der Waals surface area contributed by atoms with Crippen LogP contribution in [0.15, 0.2) is 41.0 Å². The molecule has 2 aromatic rings. The van der Waals surface area contributed by atoms with Crippen molar-refractivity contribution in [2.45, 2.75) is 20.3 Å². The third-order valence-corrected chi connectivity index (χ3v) is 2.54. The van der Waals surface area contributed by atoms with E-state index in [0.717, 1.165) is 12.2 Å². The molecule has 1 heteroatoms. The van der Waals surface area contributed by atoms with Gasteiger partial charge in [0.2, 0.25) is 0 Å². The Hall–Kier alpha value is -1.50. The van der Waals surface area contributed by atoms with Crippen molar-refractivity contribution in [1.82, 2.24) is 0 Å². The topological polar surface area (TPSA) is 13.1 Å². The summed E-state index contributed by atoms with van der Waals surface area (Å²) in [6.45, 7) is 4.11. The molecule has 0 spiro atoms. The van der Waals surface area contributed by atoms with E-state index in [2.05, 4.69) is 31.2 Å². The zero-order valence-electron chi connectivity index (χ0n) is 8.58. The van der Waals surface area contributed by atoms with Gasteiger partial charge in [-0.15, -0.1) is 0 Å². The SMILES string of the molecule is Cc1coc(C)c1Cc1ccccc1. The molecule has 0 aliphatic heterocycles. The maximum atomic E-state index is 5.37. The highest BCUT2D eigenvalue weighted by Crippen LogP contribution is 2.19. The lowest BCUT2D eigenvalue weighted by molar-refractivity contribution is 0.529. The summed E-state index contributed by atoms with van der Waals surface area (Å²) in [5.41, 5.74) is 3.89. The molecule has 0 atom stereocenters. The Morgan fingerprint density at radius 3 is 2.36 bits per heavy atom. The van der Waals surface area contributed by atoms with E-state index in [1.165, 1.54) is 16.7 Å². The number of furan rings is 1. The molecule has 0 saturated heterocycles. The lowest BCUT2D eigenvalue weighted by Crippen LogP contribution is -1.89. The van der Waals surface area contributed by atoms with E-state index in [0.29, 0.717) is 0 Å². The van der Waals surface area contributed by atoms with Crippen molar-refractivity contribution in [1.29, 1.82) is 0 Å². The van der Waals surface area contributed by atoms with Crippen LogP contribution in [0.5, 0.6) is 0 Å². The van der Waals surface area contributed by atoms with Gasteiger partial charge < -0.3 is 4.42 Å². The standard InChI is InChI=1S/C13H14O/c1-10-9-14-11(2)13(10)8-12-6-4-3-5-7-12/h3-7,9H,8H2,1-2H3. The molecular formula is C13H14O. The fourth-order valence-electron chi connectivity index (χ4n) is 1.66. The Labute approximate surface area is 84.4 Å². The van der Waals surface area contributed by atoms with Gasteiger partial charge in [-0.1, -0.05) is 30.3 Å². The summed E-state index contributed by atoms with van der Waals surface area (Å²) in [5.74, 6) is 1.03. The number of rotatable bonds is 2. The molecule has 0 aliphatic carbocycles. The summed E-state index contributed by atoms with van der Waals surface area (Å²) in [5, 5.41) is 0. The molecule has 0 bridgehead atoms. The van der Waals surface area contributed by atoms with Crippen LogP contribution in [-0.4, -0.2) is 0 Å². The van der Waals surface area contributed by atoms with Crippen molar-refractivity contribution in [2.24, 2.45) is 0 Å². The predicted octanol–water partition coefficient (Wildman–Crippen LogP) is 3.49. The zero-order valence-corrected chi connectivity index (χ0v) is 8.58. The first-order valence-corrected chi connectivity index (χ1v) is 4.85. The first kappa shape index (κ1) is 9.07. The summed E-state index contributed by atoms with van der Waals surface area (Å²) in [7, 11) is 0. The molecule has 2 rings (SSSR count). The van der Waals surface area contributed by atoms with Crippen molar-refractivity contribution in [3.05, 3.63) is 59.0 Å². The largest absolute Gasteiger partial charge is 0.469 e. The number of hydrogen-bond acceptors (Lipinski definition) is 1. The summed E-state index contributed by atoms with van der Waals surface area (Å²) < 4.78 is 5.37. The van der Waals surface area contributed by atoms with Crippen molar-refractivity contribution < 1.29 is 4.42 Å². The summed E-state index contributed by atoms with van der Waals surface area (Å²) in [6, 6.07) is 10.5. The fourth-order valence-corrected chi connectivity index (χ4v) is 1.66. The Bertz CT molecular complexity index is 393. The quantitative estimate of drug-likeness (QED) is 0.699. The predicted molar refractivity (Wildman–Crippen MR) is 57.4 cm³/mol. The van der Waals surface area contributed by atoms with Gasteiger partial charge >= 0.3 is 0 Å². The number of hydrogen-bond donors (Lipinski definition) is 0. The van der Waals surface area contributed by atoms with Crippen LogP contribution in [0.25, 0.3) is 0 Å². The molecule has 0 N–H and O–H groups in total. The molecule has 72 valence electrons. The zero-order chi connectivity index (χ0) is 9.97. The van der Waals surface area contributed by atoms with Crippen molar-refractivity contribution in [3.8, 4) is 0 Å². The van der Waals surface area contributed by atoms with Gasteiger partial charge in [-0.2, -0.15) is 0 Å². The van der Waals surface area contributed by atoms with Gasteiger partial charge in [0.25, 0.3) is 0 Å². The van der Waals surface area contributed by atoms with Crippen LogP contribution >= 0.6 is 0 Å². The molecule has 1 aromatic heterocycles. The molecule has 0 aliphatic rings. The molecule has 1 aromatic carbocycles. The molecule has 14 heavy (non-hydrogen) atoms. The van der Waals surface area contributed by atoms with Crippen molar-refractivity contribution in [2.75, 3.05) is 0 Å². The van der Waals surface area contributed by atoms with Gasteiger partial charge in [0.15, 0.2) is 0 Å². The first-order chi connectivity index (χ1) is 6.77. The molecule has 0 unspecified atom stereocenters. The van der Waals surface area contributed by atoms with Gasteiger partial charge in [-0.05, 0) is 25.0 Å². The summed E-state index contributed by atoms with van der Waals surface area (Å²) >= 11 is 0. The lowest BCUT2D eigenvalue weighted by atomic mass is 10.0. The maximum absolute atomic E-state index is 5.37. The average Bonchev–Trinajstić information content (AvgIpc) is 2.51. The molecule has 1 heterocycles. The van der Waals surface area contributed by atoms with Gasteiger partial charge in [0, 0.05) is 12.0 Å². The van der Waals surface area contributed by atoms with Gasteiger partial charge in [-0.25, -0.2) is 0 Å². The van der Waals surface area contributed by atoms with E-state index in [1.807, 2.05) is 19.3 Å². The molecule has 0 fully saturated rings. The van der Waals surface area contributed by atoms with E-state index >= 15 is 0 Å². The van der Waals surface area contributed by atoms with E-state index in [9.17, 15) is 0 Å². The van der Waals surface area contributed by atoms with Crippen molar-refractivity contribution in [3.63, 3.8) is 0 Å². The van der Waals surface area contributed by atoms with E-state index in [-0.39, 0.29) is 0 Å². The Kier molecular flexibility index (Phi) is 2.40. The van der Waals surface area contributed by atoms with Gasteiger partial charge in [0.1, 0.15) is 5.76 Å². The minimum atomic E-state index is 0.967. The second-order valence-electron chi connectivity index (χ2n) is 3.62. The van der Waals surface area contributed by atoms with Crippen molar-refractivity contribution >= 4 is 0 Å². The normalized spacial score (nSPS) is 10.4. The minimum Gasteiger partial charge on any atom is -0.469 e. The van der Waals surface area contributed by atoms with Crippen LogP contribution in [0, 0.1) is 13.8 Å². The molecule has 0 saturated carbocycles. The maximum Gasteiger partial charge on any atom is 0.104 e. The van der Waals surface area contributed by atoms with E-state index < -0.39 is 0 Å². The Morgan fingerprint density at radius 1 is 1.07 bits per heavy atom. The van der Waals surface area contributed by atoms with Gasteiger partial charge in [0.05, 0.1) is 6.26 Å². The number of benzene rings is 1. The summed E-state index contributed by atoms with van der Waals surface area (Å²) in [6.07, 6.45) is 2.79. The third-order valence-electron chi connectivity index (χ3n) is 2.54. The highest BCUT2D eigenvalue weighted by molar-refractivity contribution is 5.32. The highest BCUT2D eigenvalue weighted by Gasteiger charge is 2.06. The van der Waals surface area contributed by atoms with Gasteiger partial charge in [-0.3, -0.25) is 0 Å².